The summed E-state index contributed by atoms with van der Waals surface area (Å²) in [5, 5.41) is 16.7. The SMILES string of the molecule is CC1=CCC(=C(C)c2cccc(C(C)=C3CC=C(C)C(=N)C3C)n2)C(C)C1=N. The van der Waals surface area contributed by atoms with Gasteiger partial charge in [-0.15, -0.1) is 0 Å². The van der Waals surface area contributed by atoms with Gasteiger partial charge in [-0.25, -0.2) is 4.98 Å². The molecule has 0 aliphatic heterocycles. The molecule has 0 amide bonds. The van der Waals surface area contributed by atoms with Gasteiger partial charge in [-0.3, -0.25) is 0 Å². The van der Waals surface area contributed by atoms with Crippen molar-refractivity contribution < 1.29 is 0 Å². The van der Waals surface area contributed by atoms with E-state index in [-0.39, 0.29) is 11.8 Å². The lowest BCUT2D eigenvalue weighted by Gasteiger charge is -2.25. The molecule has 0 spiro atoms. The summed E-state index contributed by atoms with van der Waals surface area (Å²) in [6.45, 7) is 12.6. The standard InChI is InChI=1S/C25H31N3/c1-14-10-12-20(18(5)24(14)26)16(3)22-8-7-9-23(28-22)17(4)21-13-11-15(2)25(27)19(21)6/h7-11,18-19,26-27H,12-13H2,1-6H3. The second-order valence-corrected chi connectivity index (χ2v) is 8.16. The van der Waals surface area contributed by atoms with Gasteiger partial charge in [-0.05, 0) is 75.0 Å². The fraction of sp³-hybridized carbons (Fsp3) is 0.400. The summed E-state index contributed by atoms with van der Waals surface area (Å²) < 4.78 is 0. The highest BCUT2D eigenvalue weighted by atomic mass is 14.7. The molecule has 1 aromatic heterocycles. The van der Waals surface area contributed by atoms with E-state index in [4.69, 9.17) is 15.8 Å². The Hall–Kier alpha value is -2.55. The summed E-state index contributed by atoms with van der Waals surface area (Å²) in [6.07, 6.45) is 6.10. The number of nitrogens with one attached hydrogen (secondary N) is 2. The number of pyridine rings is 1. The second kappa shape index (κ2) is 7.83. The molecule has 3 heteroatoms. The minimum Gasteiger partial charge on any atom is -0.304 e. The summed E-state index contributed by atoms with van der Waals surface area (Å²) in [4.78, 5) is 4.98. The van der Waals surface area contributed by atoms with Crippen molar-refractivity contribution in [3.63, 3.8) is 0 Å². The van der Waals surface area contributed by atoms with Gasteiger partial charge in [0.1, 0.15) is 0 Å². The molecule has 0 fully saturated rings. The van der Waals surface area contributed by atoms with Crippen molar-refractivity contribution >= 4 is 22.6 Å². The van der Waals surface area contributed by atoms with Crippen LogP contribution in [0.5, 0.6) is 0 Å². The Bertz CT molecular complexity index is 894. The van der Waals surface area contributed by atoms with Crippen LogP contribution in [0.15, 0.2) is 52.6 Å². The summed E-state index contributed by atoms with van der Waals surface area (Å²) >= 11 is 0. The fourth-order valence-corrected chi connectivity index (χ4v) is 4.27. The van der Waals surface area contributed by atoms with E-state index in [1.807, 2.05) is 13.8 Å². The number of hydrogen-bond donors (Lipinski definition) is 2. The van der Waals surface area contributed by atoms with Crippen LogP contribution < -0.4 is 0 Å². The molecule has 0 aromatic carbocycles. The summed E-state index contributed by atoms with van der Waals surface area (Å²) in [5.74, 6) is 0.281. The minimum atomic E-state index is 0.141. The van der Waals surface area contributed by atoms with Crippen LogP contribution in [0, 0.1) is 22.7 Å². The lowest BCUT2D eigenvalue weighted by molar-refractivity contribution is 0.845. The molecule has 146 valence electrons. The van der Waals surface area contributed by atoms with Crippen LogP contribution in [0.1, 0.15) is 65.8 Å². The van der Waals surface area contributed by atoms with Crippen LogP contribution in [-0.4, -0.2) is 16.4 Å². The van der Waals surface area contributed by atoms with Gasteiger partial charge < -0.3 is 10.8 Å². The lowest BCUT2D eigenvalue weighted by Crippen LogP contribution is -2.19. The third kappa shape index (κ3) is 3.58. The number of aromatic nitrogens is 1. The highest BCUT2D eigenvalue weighted by Gasteiger charge is 2.24. The van der Waals surface area contributed by atoms with E-state index >= 15 is 0 Å². The Morgan fingerprint density at radius 2 is 1.21 bits per heavy atom. The van der Waals surface area contributed by atoms with E-state index in [1.165, 1.54) is 22.3 Å². The Morgan fingerprint density at radius 1 is 0.821 bits per heavy atom. The van der Waals surface area contributed by atoms with E-state index < -0.39 is 0 Å². The number of allylic oxidation sites excluding steroid dienone is 8. The Balaban J connectivity index is 2.02. The van der Waals surface area contributed by atoms with Crippen molar-refractivity contribution in [3.8, 4) is 0 Å². The maximum Gasteiger partial charge on any atom is 0.0666 e. The van der Waals surface area contributed by atoms with Crippen molar-refractivity contribution in [1.29, 1.82) is 10.8 Å². The first-order valence-electron chi connectivity index (χ1n) is 10.1. The van der Waals surface area contributed by atoms with Crippen molar-refractivity contribution in [2.24, 2.45) is 11.8 Å². The molecular weight excluding hydrogens is 342 g/mol. The van der Waals surface area contributed by atoms with Gasteiger partial charge in [0, 0.05) is 23.3 Å². The molecule has 0 saturated carbocycles. The Kier molecular flexibility index (Phi) is 5.64. The largest absolute Gasteiger partial charge is 0.304 e. The van der Waals surface area contributed by atoms with E-state index in [2.05, 4.69) is 58.0 Å². The van der Waals surface area contributed by atoms with Gasteiger partial charge in [-0.1, -0.05) is 43.2 Å². The quantitative estimate of drug-likeness (QED) is 0.599. The molecule has 2 unspecified atom stereocenters. The third-order valence-electron chi connectivity index (χ3n) is 6.50. The predicted octanol–water partition coefficient (Wildman–Crippen LogP) is 6.64. The van der Waals surface area contributed by atoms with Crippen molar-refractivity contribution in [3.05, 3.63) is 64.0 Å². The van der Waals surface area contributed by atoms with Crippen LogP contribution in [0.4, 0.5) is 0 Å². The van der Waals surface area contributed by atoms with Gasteiger partial charge >= 0.3 is 0 Å². The van der Waals surface area contributed by atoms with Crippen LogP contribution >= 0.6 is 0 Å². The number of hydrogen-bond acceptors (Lipinski definition) is 3. The molecule has 28 heavy (non-hydrogen) atoms. The molecule has 2 aliphatic carbocycles. The maximum absolute atomic E-state index is 8.33. The minimum absolute atomic E-state index is 0.141. The zero-order valence-corrected chi connectivity index (χ0v) is 17.9. The van der Waals surface area contributed by atoms with Crippen molar-refractivity contribution in [2.45, 2.75) is 54.4 Å². The van der Waals surface area contributed by atoms with Crippen molar-refractivity contribution in [1.82, 2.24) is 4.98 Å². The molecule has 1 aromatic rings. The lowest BCUT2D eigenvalue weighted by atomic mass is 9.81. The summed E-state index contributed by atoms with van der Waals surface area (Å²) in [6, 6.07) is 6.22. The maximum atomic E-state index is 8.33. The predicted molar refractivity (Wildman–Crippen MR) is 120 cm³/mol. The summed E-state index contributed by atoms with van der Waals surface area (Å²) in [5.41, 5.74) is 10.5. The highest BCUT2D eigenvalue weighted by Crippen LogP contribution is 2.34. The van der Waals surface area contributed by atoms with Crippen LogP contribution in [-0.2, 0) is 0 Å². The first-order chi connectivity index (χ1) is 13.2. The van der Waals surface area contributed by atoms with Crippen LogP contribution in [0.25, 0.3) is 11.1 Å². The van der Waals surface area contributed by atoms with Crippen LogP contribution in [0.3, 0.4) is 0 Å². The molecule has 3 nitrogen and oxygen atoms in total. The zero-order chi connectivity index (χ0) is 20.6. The van der Waals surface area contributed by atoms with E-state index in [9.17, 15) is 0 Å². The van der Waals surface area contributed by atoms with Crippen molar-refractivity contribution in [2.75, 3.05) is 0 Å². The zero-order valence-electron chi connectivity index (χ0n) is 17.9. The van der Waals surface area contributed by atoms with E-state index in [0.717, 1.165) is 35.4 Å². The second-order valence-electron chi connectivity index (χ2n) is 8.16. The molecule has 3 rings (SSSR count). The van der Waals surface area contributed by atoms with Gasteiger partial charge in [0.2, 0.25) is 0 Å². The topological polar surface area (TPSA) is 60.6 Å². The summed E-state index contributed by atoms with van der Waals surface area (Å²) in [7, 11) is 0. The highest BCUT2D eigenvalue weighted by molar-refractivity contribution is 6.03. The molecular formula is C25H31N3. The average molecular weight is 374 g/mol. The number of nitrogens with zero attached hydrogens (tertiary/aromatic N) is 1. The average Bonchev–Trinajstić information content (AvgIpc) is 2.70. The van der Waals surface area contributed by atoms with Gasteiger partial charge in [-0.2, -0.15) is 0 Å². The molecule has 0 saturated heterocycles. The Labute approximate surface area is 169 Å². The Morgan fingerprint density at radius 3 is 1.61 bits per heavy atom. The fourth-order valence-electron chi connectivity index (χ4n) is 4.27. The van der Waals surface area contributed by atoms with Gasteiger partial charge in [0.05, 0.1) is 11.4 Å². The number of rotatable bonds is 2. The van der Waals surface area contributed by atoms with Crippen LogP contribution in [0.2, 0.25) is 0 Å². The molecule has 2 N–H and O–H groups in total. The molecule has 0 radical (unpaired) electrons. The molecule has 1 heterocycles. The first-order valence-corrected chi connectivity index (χ1v) is 10.1. The van der Waals surface area contributed by atoms with E-state index in [1.54, 1.807) is 0 Å². The van der Waals surface area contributed by atoms with E-state index in [0.29, 0.717) is 11.4 Å². The first kappa shape index (κ1) is 20.2. The molecule has 0 bridgehead atoms. The third-order valence-corrected chi connectivity index (χ3v) is 6.50. The normalized spacial score (nSPS) is 26.6. The smallest absolute Gasteiger partial charge is 0.0666 e. The van der Waals surface area contributed by atoms with Gasteiger partial charge in [0.25, 0.3) is 0 Å². The molecule has 2 atom stereocenters. The molecule has 2 aliphatic rings. The van der Waals surface area contributed by atoms with Gasteiger partial charge in [0.15, 0.2) is 0 Å². The monoisotopic (exact) mass is 373 g/mol.